The first kappa shape index (κ1) is 21.1. The molecule has 1 aromatic carbocycles. The Bertz CT molecular complexity index is 623. The molecular weight excluding hydrogens is 348 g/mol. The van der Waals surface area contributed by atoms with E-state index >= 15 is 0 Å². The number of carbonyl (C=O) groups excluding carboxylic acids is 2. The van der Waals surface area contributed by atoms with Crippen LogP contribution in [0.3, 0.4) is 0 Å². The first-order valence-electron chi connectivity index (χ1n) is 7.88. The monoisotopic (exact) mass is 372 g/mol. The average molecular weight is 373 g/mol. The third-order valence-corrected chi connectivity index (χ3v) is 4.18. The second-order valence-electron chi connectivity index (χ2n) is 5.81. The molecule has 1 fully saturated rings. The van der Waals surface area contributed by atoms with Crippen molar-refractivity contribution in [1.29, 1.82) is 0 Å². The number of hydrogen-bond donors (Lipinski definition) is 2. The Morgan fingerprint density at radius 3 is 2.36 bits per heavy atom. The van der Waals surface area contributed by atoms with Crippen molar-refractivity contribution in [2.75, 3.05) is 33.2 Å². The molecule has 0 aliphatic carbocycles. The van der Waals surface area contributed by atoms with E-state index in [1.165, 1.54) is 27.4 Å². The van der Waals surface area contributed by atoms with Gasteiger partial charge in [0.1, 0.15) is 0 Å². The number of hydrogen-bond acceptors (Lipinski definition) is 6. The number of ether oxygens (including phenoxy) is 3. The first-order chi connectivity index (χ1) is 11.5. The molecule has 7 nitrogen and oxygen atoms in total. The molecule has 1 aliphatic rings. The van der Waals surface area contributed by atoms with E-state index in [1.807, 2.05) is 0 Å². The predicted octanol–water partition coefficient (Wildman–Crippen LogP) is 2.24. The lowest BCUT2D eigenvalue weighted by Gasteiger charge is -2.27. The Labute approximate surface area is 153 Å². The number of carbonyl (C=O) groups is 2. The minimum Gasteiger partial charge on any atom is -0.493 e. The number of esters is 1. The molecule has 0 bridgehead atoms. The molecule has 0 saturated carbocycles. The highest BCUT2D eigenvalue weighted by Crippen LogP contribution is 2.34. The van der Waals surface area contributed by atoms with Crippen LogP contribution >= 0.6 is 12.4 Å². The lowest BCUT2D eigenvalue weighted by atomic mass is 9.92. The molecule has 0 spiro atoms. The molecule has 0 radical (unpaired) electrons. The molecule has 0 aromatic heterocycles. The topological polar surface area (TPSA) is 85.9 Å². The number of rotatable bonds is 5. The van der Waals surface area contributed by atoms with Crippen molar-refractivity contribution in [2.45, 2.75) is 25.8 Å². The Balaban J connectivity index is 0.00000312. The third kappa shape index (κ3) is 4.99. The van der Waals surface area contributed by atoms with Crippen molar-refractivity contribution in [3.63, 3.8) is 0 Å². The fourth-order valence-corrected chi connectivity index (χ4v) is 2.87. The third-order valence-electron chi connectivity index (χ3n) is 4.18. The van der Waals surface area contributed by atoms with Gasteiger partial charge in [0.15, 0.2) is 11.5 Å². The minimum atomic E-state index is -0.551. The van der Waals surface area contributed by atoms with Crippen LogP contribution < -0.4 is 20.1 Å². The zero-order valence-electron chi connectivity index (χ0n) is 14.9. The highest BCUT2D eigenvalue weighted by molar-refractivity contribution is 6.02. The Morgan fingerprint density at radius 2 is 1.80 bits per heavy atom. The number of piperidine rings is 1. The summed E-state index contributed by atoms with van der Waals surface area (Å²) < 4.78 is 15.3. The Morgan fingerprint density at radius 1 is 1.16 bits per heavy atom. The van der Waals surface area contributed by atoms with Gasteiger partial charge in [-0.3, -0.25) is 4.79 Å². The highest BCUT2D eigenvalue weighted by atomic mass is 35.5. The van der Waals surface area contributed by atoms with Crippen LogP contribution in [0.1, 0.15) is 30.1 Å². The van der Waals surface area contributed by atoms with Crippen molar-refractivity contribution in [3.05, 3.63) is 17.7 Å². The maximum absolute atomic E-state index is 12.6. The van der Waals surface area contributed by atoms with Crippen LogP contribution in [0.5, 0.6) is 11.5 Å². The Hall–Kier alpha value is -1.99. The molecule has 140 valence electrons. The number of benzene rings is 1. The summed E-state index contributed by atoms with van der Waals surface area (Å²) in [6, 6.07) is 3.37. The molecule has 1 aromatic rings. The molecule has 1 saturated heterocycles. The smallest absolute Gasteiger partial charge is 0.340 e. The Kier molecular flexibility index (Phi) is 7.99. The molecule has 0 unspecified atom stereocenters. The summed E-state index contributed by atoms with van der Waals surface area (Å²) in [6.07, 6.45) is 1.52. The summed E-state index contributed by atoms with van der Waals surface area (Å²) in [4.78, 5) is 24.6. The molecule has 1 amide bonds. The number of nitrogens with one attached hydrogen (secondary N) is 2. The van der Waals surface area contributed by atoms with Crippen LogP contribution in [-0.4, -0.2) is 45.8 Å². The summed E-state index contributed by atoms with van der Waals surface area (Å²) in [5, 5.41) is 6.15. The van der Waals surface area contributed by atoms with Gasteiger partial charge in [0.25, 0.3) is 0 Å². The maximum atomic E-state index is 12.6. The molecule has 8 heteroatoms. The van der Waals surface area contributed by atoms with E-state index in [1.54, 1.807) is 6.07 Å². The van der Waals surface area contributed by atoms with E-state index in [9.17, 15) is 9.59 Å². The largest absolute Gasteiger partial charge is 0.493 e. The van der Waals surface area contributed by atoms with Crippen molar-refractivity contribution in [2.24, 2.45) is 5.92 Å². The fraction of sp³-hybridized carbons (Fsp3) is 0.529. The van der Waals surface area contributed by atoms with Crippen LogP contribution in [-0.2, 0) is 9.53 Å². The van der Waals surface area contributed by atoms with Crippen molar-refractivity contribution in [3.8, 4) is 11.5 Å². The highest BCUT2D eigenvalue weighted by Gasteiger charge is 2.26. The summed E-state index contributed by atoms with van der Waals surface area (Å²) in [5.41, 5.74) is 0.584. The van der Waals surface area contributed by atoms with Gasteiger partial charge in [-0.2, -0.15) is 0 Å². The minimum absolute atomic E-state index is 0. The molecular formula is C17H25ClN2O5. The van der Waals surface area contributed by atoms with E-state index < -0.39 is 5.97 Å². The first-order valence-corrected chi connectivity index (χ1v) is 7.88. The van der Waals surface area contributed by atoms with Gasteiger partial charge in [-0.1, -0.05) is 0 Å². The van der Waals surface area contributed by atoms with Crippen molar-refractivity contribution >= 4 is 30.0 Å². The van der Waals surface area contributed by atoms with Gasteiger partial charge in [-0.25, -0.2) is 4.79 Å². The van der Waals surface area contributed by atoms with Crippen LogP contribution in [0.4, 0.5) is 5.69 Å². The van der Waals surface area contributed by atoms with E-state index in [4.69, 9.17) is 14.2 Å². The van der Waals surface area contributed by atoms with Gasteiger partial charge in [-0.15, -0.1) is 12.4 Å². The van der Waals surface area contributed by atoms with Gasteiger partial charge in [0, 0.05) is 24.1 Å². The number of halogens is 1. The van der Waals surface area contributed by atoms with E-state index in [0.29, 0.717) is 23.2 Å². The second-order valence-corrected chi connectivity index (χ2v) is 5.81. The summed E-state index contributed by atoms with van der Waals surface area (Å²) >= 11 is 0. The predicted molar refractivity (Wildman–Crippen MR) is 97.0 cm³/mol. The van der Waals surface area contributed by atoms with Crippen molar-refractivity contribution < 1.29 is 23.8 Å². The number of amides is 1. The zero-order valence-corrected chi connectivity index (χ0v) is 15.7. The van der Waals surface area contributed by atoms with E-state index in [2.05, 4.69) is 17.6 Å². The maximum Gasteiger partial charge on any atom is 0.340 e. The van der Waals surface area contributed by atoms with Crippen molar-refractivity contribution in [1.82, 2.24) is 5.32 Å². The van der Waals surface area contributed by atoms with Gasteiger partial charge < -0.3 is 24.8 Å². The molecule has 1 aliphatic heterocycles. The van der Waals surface area contributed by atoms with Crippen LogP contribution in [0.15, 0.2) is 12.1 Å². The number of methoxy groups -OCH3 is 3. The summed E-state index contributed by atoms with van der Waals surface area (Å²) in [6.45, 7) is 2.85. The lowest BCUT2D eigenvalue weighted by molar-refractivity contribution is -0.120. The molecule has 25 heavy (non-hydrogen) atoms. The van der Waals surface area contributed by atoms with Crippen LogP contribution in [0.25, 0.3) is 0 Å². The SMILES string of the molecule is COC(=O)c1cc(OC)c(OC)cc1NC(=O)[C@H]1CCN[C@@H](C)C1.Cl. The standard InChI is InChI=1S/C17H24N2O5.ClH/c1-10-7-11(5-6-18-10)16(20)19-13-9-15(23-3)14(22-2)8-12(13)17(21)24-4;/h8-11,18H,5-7H2,1-4H3,(H,19,20);1H/t10-,11-;/m0./s1. The lowest BCUT2D eigenvalue weighted by Crippen LogP contribution is -2.40. The van der Waals surface area contributed by atoms with E-state index in [0.717, 1.165) is 19.4 Å². The quantitative estimate of drug-likeness (QED) is 0.771. The van der Waals surface area contributed by atoms with E-state index in [-0.39, 0.29) is 29.8 Å². The molecule has 2 rings (SSSR count). The van der Waals surface area contributed by atoms with Gasteiger partial charge in [-0.05, 0) is 26.3 Å². The zero-order chi connectivity index (χ0) is 17.7. The molecule has 1 heterocycles. The van der Waals surface area contributed by atoms with Crippen LogP contribution in [0.2, 0.25) is 0 Å². The summed E-state index contributed by atoms with van der Waals surface area (Å²) in [7, 11) is 4.27. The van der Waals surface area contributed by atoms with Gasteiger partial charge in [0.05, 0.1) is 32.6 Å². The molecule has 2 N–H and O–H groups in total. The number of anilines is 1. The average Bonchev–Trinajstić information content (AvgIpc) is 2.60. The van der Waals surface area contributed by atoms with Crippen LogP contribution in [0, 0.1) is 5.92 Å². The van der Waals surface area contributed by atoms with Gasteiger partial charge >= 0.3 is 5.97 Å². The fourth-order valence-electron chi connectivity index (χ4n) is 2.87. The molecule has 2 atom stereocenters. The normalized spacial score (nSPS) is 19.4. The van der Waals surface area contributed by atoms with Gasteiger partial charge in [0.2, 0.25) is 5.91 Å². The summed E-state index contributed by atoms with van der Waals surface area (Å²) in [5.74, 6) is 0.0658. The second kappa shape index (κ2) is 9.48.